The van der Waals surface area contributed by atoms with Gasteiger partial charge in [0.05, 0.1) is 7.11 Å². The van der Waals surface area contributed by atoms with Gasteiger partial charge in [0.15, 0.2) is 0 Å². The Labute approximate surface area is 145 Å². The number of aryl methyl sites for hydroxylation is 1. The van der Waals surface area contributed by atoms with E-state index in [4.69, 9.17) is 9.15 Å². The number of methoxy groups -OCH3 is 1. The molecule has 0 saturated carbocycles. The molecular weight excluding hydrogens is 320 g/mol. The highest BCUT2D eigenvalue weighted by molar-refractivity contribution is 5.76. The van der Waals surface area contributed by atoms with Crippen molar-refractivity contribution in [2.75, 3.05) is 7.11 Å². The average Bonchev–Trinajstić information content (AvgIpc) is 3.14. The molecule has 0 unspecified atom stereocenters. The molecule has 0 bridgehead atoms. The SMILES string of the molecule is COc1ccccc1CNC(=O)CCc1nnc(-c2ccccn2)o1. The van der Waals surface area contributed by atoms with E-state index in [0.29, 0.717) is 30.4 Å². The predicted molar refractivity (Wildman–Crippen MR) is 90.7 cm³/mol. The van der Waals surface area contributed by atoms with Crippen molar-refractivity contribution in [2.45, 2.75) is 19.4 Å². The van der Waals surface area contributed by atoms with E-state index in [1.54, 1.807) is 19.4 Å². The first kappa shape index (κ1) is 16.6. The van der Waals surface area contributed by atoms with Gasteiger partial charge >= 0.3 is 0 Å². The zero-order valence-electron chi connectivity index (χ0n) is 13.8. The van der Waals surface area contributed by atoms with Gasteiger partial charge in [-0.1, -0.05) is 24.3 Å². The van der Waals surface area contributed by atoms with Crippen LogP contribution >= 0.6 is 0 Å². The number of hydrogen-bond donors (Lipinski definition) is 1. The van der Waals surface area contributed by atoms with Crippen LogP contribution in [-0.2, 0) is 17.8 Å². The summed E-state index contributed by atoms with van der Waals surface area (Å²) in [5.41, 5.74) is 1.54. The third-order valence-electron chi connectivity index (χ3n) is 3.59. The number of ether oxygens (including phenoxy) is 1. The number of carbonyl (C=O) groups is 1. The summed E-state index contributed by atoms with van der Waals surface area (Å²) in [6, 6.07) is 13.0. The molecule has 0 radical (unpaired) electrons. The molecule has 3 rings (SSSR count). The molecule has 3 aromatic rings. The summed E-state index contributed by atoms with van der Waals surface area (Å²) in [4.78, 5) is 16.2. The molecule has 7 nitrogen and oxygen atoms in total. The lowest BCUT2D eigenvalue weighted by atomic mass is 10.2. The molecule has 2 heterocycles. The number of pyridine rings is 1. The molecule has 1 amide bonds. The van der Waals surface area contributed by atoms with Crippen LogP contribution in [0, 0.1) is 0 Å². The Bertz CT molecular complexity index is 833. The van der Waals surface area contributed by atoms with Gasteiger partial charge in [0, 0.05) is 31.1 Å². The maximum Gasteiger partial charge on any atom is 0.266 e. The van der Waals surface area contributed by atoms with Crippen LogP contribution in [0.1, 0.15) is 17.9 Å². The Balaban J connectivity index is 1.50. The zero-order chi connectivity index (χ0) is 17.5. The smallest absolute Gasteiger partial charge is 0.266 e. The highest BCUT2D eigenvalue weighted by Gasteiger charge is 2.11. The lowest BCUT2D eigenvalue weighted by Gasteiger charge is -2.09. The highest BCUT2D eigenvalue weighted by Crippen LogP contribution is 2.17. The zero-order valence-corrected chi connectivity index (χ0v) is 13.8. The van der Waals surface area contributed by atoms with Crippen molar-refractivity contribution in [2.24, 2.45) is 0 Å². The van der Waals surface area contributed by atoms with Gasteiger partial charge in [0.1, 0.15) is 11.4 Å². The fraction of sp³-hybridized carbons (Fsp3) is 0.222. The summed E-state index contributed by atoms with van der Waals surface area (Å²) >= 11 is 0. The fourth-order valence-electron chi connectivity index (χ4n) is 2.30. The van der Waals surface area contributed by atoms with Crippen LogP contribution in [-0.4, -0.2) is 28.2 Å². The van der Waals surface area contributed by atoms with E-state index in [0.717, 1.165) is 11.3 Å². The van der Waals surface area contributed by atoms with E-state index in [2.05, 4.69) is 20.5 Å². The topological polar surface area (TPSA) is 90.1 Å². The van der Waals surface area contributed by atoms with Crippen LogP contribution in [0.3, 0.4) is 0 Å². The average molecular weight is 338 g/mol. The Morgan fingerprint density at radius 2 is 2.00 bits per heavy atom. The quantitative estimate of drug-likeness (QED) is 0.711. The molecule has 0 fully saturated rings. The monoisotopic (exact) mass is 338 g/mol. The number of aromatic nitrogens is 3. The molecule has 0 aliphatic rings. The first-order valence-electron chi connectivity index (χ1n) is 7.88. The standard InChI is InChI=1S/C18H18N4O3/c1-24-15-8-3-2-6-13(15)12-20-16(23)9-10-17-21-22-18(25-17)14-7-4-5-11-19-14/h2-8,11H,9-10,12H2,1H3,(H,20,23). The lowest BCUT2D eigenvalue weighted by Crippen LogP contribution is -2.23. The van der Waals surface area contributed by atoms with Gasteiger partial charge in [0.2, 0.25) is 11.8 Å². The van der Waals surface area contributed by atoms with Crippen molar-refractivity contribution in [1.29, 1.82) is 0 Å². The van der Waals surface area contributed by atoms with Gasteiger partial charge < -0.3 is 14.5 Å². The van der Waals surface area contributed by atoms with Crippen molar-refractivity contribution in [3.05, 3.63) is 60.1 Å². The second-order valence-electron chi connectivity index (χ2n) is 5.30. The molecule has 7 heteroatoms. The number of rotatable bonds is 7. The number of benzene rings is 1. The number of amides is 1. The van der Waals surface area contributed by atoms with E-state index in [9.17, 15) is 4.79 Å². The fourth-order valence-corrected chi connectivity index (χ4v) is 2.30. The summed E-state index contributed by atoms with van der Waals surface area (Å²) in [5.74, 6) is 1.42. The van der Waals surface area contributed by atoms with Crippen molar-refractivity contribution >= 4 is 5.91 Å². The van der Waals surface area contributed by atoms with Gasteiger partial charge in [-0.15, -0.1) is 10.2 Å². The Hall–Kier alpha value is -3.22. The molecule has 0 atom stereocenters. The number of carbonyl (C=O) groups excluding carboxylic acids is 1. The van der Waals surface area contributed by atoms with Crippen LogP contribution in [0.4, 0.5) is 0 Å². The second-order valence-corrected chi connectivity index (χ2v) is 5.30. The van der Waals surface area contributed by atoms with E-state index >= 15 is 0 Å². The number of hydrogen-bond acceptors (Lipinski definition) is 6. The molecule has 128 valence electrons. The number of para-hydroxylation sites is 1. The third kappa shape index (κ3) is 4.41. The molecular formula is C18H18N4O3. The first-order valence-corrected chi connectivity index (χ1v) is 7.88. The van der Waals surface area contributed by atoms with Gasteiger partial charge in [-0.25, -0.2) is 0 Å². The van der Waals surface area contributed by atoms with Crippen LogP contribution in [0.15, 0.2) is 53.1 Å². The maximum atomic E-state index is 12.0. The minimum Gasteiger partial charge on any atom is -0.496 e. The minimum atomic E-state index is -0.0940. The number of nitrogens with zero attached hydrogens (tertiary/aromatic N) is 3. The van der Waals surface area contributed by atoms with Gasteiger partial charge in [-0.3, -0.25) is 9.78 Å². The molecule has 0 spiro atoms. The van der Waals surface area contributed by atoms with Crippen LogP contribution in [0.2, 0.25) is 0 Å². The molecule has 0 aliphatic carbocycles. The van der Waals surface area contributed by atoms with E-state index in [-0.39, 0.29) is 12.3 Å². The molecule has 0 aliphatic heterocycles. The van der Waals surface area contributed by atoms with Gasteiger partial charge in [0.25, 0.3) is 5.89 Å². The van der Waals surface area contributed by atoms with Crippen LogP contribution < -0.4 is 10.1 Å². The van der Waals surface area contributed by atoms with Crippen molar-refractivity contribution in [3.8, 4) is 17.3 Å². The van der Waals surface area contributed by atoms with E-state index in [1.165, 1.54) is 0 Å². The highest BCUT2D eigenvalue weighted by atomic mass is 16.5. The molecule has 25 heavy (non-hydrogen) atoms. The van der Waals surface area contributed by atoms with Crippen molar-refractivity contribution < 1.29 is 13.9 Å². The van der Waals surface area contributed by atoms with Gasteiger partial charge in [-0.2, -0.15) is 0 Å². The Kier molecular flexibility index (Phi) is 5.36. The summed E-state index contributed by atoms with van der Waals surface area (Å²) in [6.07, 6.45) is 2.29. The van der Waals surface area contributed by atoms with E-state index < -0.39 is 0 Å². The third-order valence-corrected chi connectivity index (χ3v) is 3.59. The molecule has 1 N–H and O–H groups in total. The lowest BCUT2D eigenvalue weighted by molar-refractivity contribution is -0.121. The maximum absolute atomic E-state index is 12.0. The van der Waals surface area contributed by atoms with Crippen LogP contribution in [0.5, 0.6) is 5.75 Å². The molecule has 0 saturated heterocycles. The summed E-state index contributed by atoms with van der Waals surface area (Å²) in [7, 11) is 1.61. The largest absolute Gasteiger partial charge is 0.496 e. The summed E-state index contributed by atoms with van der Waals surface area (Å²) < 4.78 is 10.8. The Morgan fingerprint density at radius 1 is 1.16 bits per heavy atom. The Morgan fingerprint density at radius 3 is 2.80 bits per heavy atom. The molecule has 2 aromatic heterocycles. The van der Waals surface area contributed by atoms with Crippen molar-refractivity contribution in [3.63, 3.8) is 0 Å². The minimum absolute atomic E-state index is 0.0940. The summed E-state index contributed by atoms with van der Waals surface area (Å²) in [5, 5.41) is 10.8. The van der Waals surface area contributed by atoms with E-state index in [1.807, 2.05) is 36.4 Å². The normalized spacial score (nSPS) is 10.4. The van der Waals surface area contributed by atoms with Crippen molar-refractivity contribution in [1.82, 2.24) is 20.5 Å². The predicted octanol–water partition coefficient (Wildman–Crippen LogP) is 2.39. The second kappa shape index (κ2) is 8.05. The molecule has 1 aromatic carbocycles. The first-order chi connectivity index (χ1) is 12.3. The number of nitrogens with one attached hydrogen (secondary N) is 1. The van der Waals surface area contributed by atoms with Gasteiger partial charge in [-0.05, 0) is 18.2 Å². The van der Waals surface area contributed by atoms with Crippen LogP contribution in [0.25, 0.3) is 11.6 Å². The summed E-state index contributed by atoms with van der Waals surface area (Å²) in [6.45, 7) is 0.409.